The minimum Gasteiger partial charge on any atom is -0.480 e. The summed E-state index contributed by atoms with van der Waals surface area (Å²) in [5.74, 6) is 2.32. The van der Waals surface area contributed by atoms with Gasteiger partial charge in [0.25, 0.3) is 5.56 Å². The van der Waals surface area contributed by atoms with Crippen molar-refractivity contribution in [3.8, 4) is 17.3 Å². The molecule has 1 unspecified atom stereocenters. The summed E-state index contributed by atoms with van der Waals surface area (Å²) >= 11 is 0. The van der Waals surface area contributed by atoms with Gasteiger partial charge in [0.15, 0.2) is 17.3 Å². The van der Waals surface area contributed by atoms with Crippen LogP contribution in [0.4, 0.5) is 5.82 Å². The first-order chi connectivity index (χ1) is 19.5. The molecule has 0 radical (unpaired) electrons. The summed E-state index contributed by atoms with van der Waals surface area (Å²) in [5, 5.41) is 3.17. The van der Waals surface area contributed by atoms with Crippen LogP contribution in [0.15, 0.2) is 40.5 Å². The smallest absolute Gasteiger partial charge is 0.295 e. The molecule has 2 saturated carbocycles. The van der Waals surface area contributed by atoms with Crippen LogP contribution in [-0.4, -0.2) is 51.5 Å². The summed E-state index contributed by atoms with van der Waals surface area (Å²) in [7, 11) is 0.509. The number of anilines is 1. The molecule has 4 aromatic rings. The van der Waals surface area contributed by atoms with E-state index in [2.05, 4.69) is 37.2 Å². The van der Waals surface area contributed by atoms with Gasteiger partial charge in [-0.2, -0.15) is 0 Å². The van der Waals surface area contributed by atoms with Gasteiger partial charge in [0, 0.05) is 23.9 Å². The summed E-state index contributed by atoms with van der Waals surface area (Å²) in [5.41, 5.74) is 3.02. The fourth-order valence-corrected chi connectivity index (χ4v) is 5.88. The van der Waals surface area contributed by atoms with Gasteiger partial charge in [-0.25, -0.2) is 24.9 Å². The molecule has 12 heteroatoms. The Labute approximate surface area is 234 Å². The number of hydrogen-bond donors (Lipinski definition) is 1. The maximum atomic E-state index is 13.9. The number of pyridine rings is 1. The summed E-state index contributed by atoms with van der Waals surface area (Å²) < 4.78 is 19.4. The van der Waals surface area contributed by atoms with Crippen LogP contribution in [0.5, 0.6) is 5.88 Å². The minimum atomic E-state index is -1.06. The van der Waals surface area contributed by atoms with Crippen molar-refractivity contribution in [3.05, 3.63) is 52.6 Å². The third-order valence-electron chi connectivity index (χ3n) is 7.85. The van der Waals surface area contributed by atoms with E-state index in [1.165, 1.54) is 6.33 Å². The monoisotopic (exact) mass is 560 g/mol. The number of hydrogen-bond acceptors (Lipinski definition) is 10. The topological polar surface area (TPSA) is 138 Å². The van der Waals surface area contributed by atoms with Crippen molar-refractivity contribution in [1.29, 1.82) is 0 Å². The molecule has 0 bridgehead atoms. The fourth-order valence-electron chi connectivity index (χ4n) is 5.15. The van der Waals surface area contributed by atoms with Crippen LogP contribution in [-0.2, 0) is 17.3 Å². The number of nitrogens with one attached hydrogen (secondary N) is 1. The van der Waals surface area contributed by atoms with E-state index < -0.39 is 10.8 Å². The first-order valence-electron chi connectivity index (χ1n) is 13.7. The van der Waals surface area contributed by atoms with Gasteiger partial charge in [0.1, 0.15) is 17.4 Å². The van der Waals surface area contributed by atoms with E-state index in [9.17, 15) is 9.00 Å². The third kappa shape index (κ3) is 4.96. The molecule has 208 valence electrons. The lowest BCUT2D eigenvalue weighted by atomic mass is 9.80. The van der Waals surface area contributed by atoms with Crippen LogP contribution >= 0.6 is 0 Å². The Morgan fingerprint density at radius 3 is 2.58 bits per heavy atom. The van der Waals surface area contributed by atoms with Crippen LogP contribution in [0.25, 0.3) is 22.6 Å². The third-order valence-corrected chi connectivity index (χ3v) is 9.15. The molecule has 11 nitrogen and oxygen atoms in total. The van der Waals surface area contributed by atoms with Crippen molar-refractivity contribution in [3.63, 3.8) is 0 Å². The molecule has 2 fully saturated rings. The van der Waals surface area contributed by atoms with E-state index in [1.54, 1.807) is 30.1 Å². The molecule has 2 atom stereocenters. The van der Waals surface area contributed by atoms with Crippen molar-refractivity contribution >= 4 is 27.8 Å². The zero-order chi connectivity index (χ0) is 27.8. The molecule has 4 heterocycles. The summed E-state index contributed by atoms with van der Waals surface area (Å²) in [6, 6.07) is 3.56. The summed E-state index contributed by atoms with van der Waals surface area (Å²) in [4.78, 5) is 42.0. The van der Waals surface area contributed by atoms with E-state index >= 15 is 0 Å². The van der Waals surface area contributed by atoms with Gasteiger partial charge in [0.2, 0.25) is 5.88 Å². The maximum absolute atomic E-state index is 13.9. The molecule has 40 heavy (non-hydrogen) atoms. The number of nitrogens with zero attached hydrogens (tertiary/aromatic N) is 7. The predicted octanol–water partition coefficient (Wildman–Crippen LogP) is 4.03. The first kappa shape index (κ1) is 26.4. The molecule has 6 rings (SSSR count). The average molecular weight is 561 g/mol. The van der Waals surface area contributed by atoms with E-state index in [1.807, 2.05) is 13.0 Å². The molecule has 2 aliphatic rings. The first-order valence-corrected chi connectivity index (χ1v) is 15.1. The molecule has 4 aromatic heterocycles. The molecule has 0 spiro atoms. The molecule has 1 N–H and O–H groups in total. The maximum Gasteiger partial charge on any atom is 0.295 e. The Hall–Kier alpha value is -3.80. The Morgan fingerprint density at radius 2 is 1.93 bits per heavy atom. The van der Waals surface area contributed by atoms with Crippen LogP contribution in [0, 0.1) is 5.92 Å². The highest BCUT2D eigenvalue weighted by atomic mass is 32.2. The highest BCUT2D eigenvalue weighted by Crippen LogP contribution is 2.45. The van der Waals surface area contributed by atoms with Crippen molar-refractivity contribution in [1.82, 2.24) is 34.5 Å². The van der Waals surface area contributed by atoms with Gasteiger partial charge in [-0.3, -0.25) is 18.6 Å². The highest BCUT2D eigenvalue weighted by molar-refractivity contribution is 7.85. The van der Waals surface area contributed by atoms with Crippen LogP contribution < -0.4 is 15.6 Å². The normalized spacial score (nSPS) is 16.9. The van der Waals surface area contributed by atoms with E-state index in [0.29, 0.717) is 63.2 Å². The molecule has 0 aliphatic heterocycles. The average Bonchev–Trinajstić information content (AvgIpc) is 3.80. The SMILES string of the molecule is CCS(=O)c1ccc(CNc2nc3cnc(-c4c(OC)ncnc4C4CC4)nc3n([C@H](C)C3CCC3)c2=O)nc1. The van der Waals surface area contributed by atoms with Gasteiger partial charge in [0.05, 0.1) is 46.9 Å². The van der Waals surface area contributed by atoms with Crippen molar-refractivity contribution in [2.24, 2.45) is 5.92 Å². The Morgan fingerprint density at radius 1 is 1.10 bits per heavy atom. The number of fused-ring (bicyclic) bond motifs is 1. The van der Waals surface area contributed by atoms with Crippen LogP contribution in [0.1, 0.15) is 69.3 Å². The zero-order valence-electron chi connectivity index (χ0n) is 22.8. The Kier molecular flexibility index (Phi) is 7.26. The number of aromatic nitrogens is 7. The summed E-state index contributed by atoms with van der Waals surface area (Å²) in [6.07, 6.45) is 10.2. The summed E-state index contributed by atoms with van der Waals surface area (Å²) in [6.45, 7) is 4.24. The van der Waals surface area contributed by atoms with E-state index in [4.69, 9.17) is 9.72 Å². The largest absolute Gasteiger partial charge is 0.480 e. The Balaban J connectivity index is 1.41. The lowest BCUT2D eigenvalue weighted by molar-refractivity contribution is 0.222. The second-order valence-corrected chi connectivity index (χ2v) is 12.1. The van der Waals surface area contributed by atoms with Gasteiger partial charge in [-0.15, -0.1) is 0 Å². The Bertz CT molecular complexity index is 1630. The van der Waals surface area contributed by atoms with Gasteiger partial charge < -0.3 is 10.1 Å². The van der Waals surface area contributed by atoms with Crippen LogP contribution in [0.2, 0.25) is 0 Å². The van der Waals surface area contributed by atoms with Crippen LogP contribution in [0.3, 0.4) is 0 Å². The van der Waals surface area contributed by atoms with Crippen molar-refractivity contribution in [2.75, 3.05) is 18.2 Å². The molecule has 0 amide bonds. The van der Waals surface area contributed by atoms with Crippen molar-refractivity contribution in [2.45, 2.75) is 69.4 Å². The lowest BCUT2D eigenvalue weighted by Gasteiger charge is -2.33. The van der Waals surface area contributed by atoms with Gasteiger partial charge >= 0.3 is 0 Å². The predicted molar refractivity (Wildman–Crippen MR) is 152 cm³/mol. The number of methoxy groups -OCH3 is 1. The number of ether oxygens (including phenoxy) is 1. The quantitative estimate of drug-likeness (QED) is 0.303. The van der Waals surface area contributed by atoms with Gasteiger partial charge in [-0.1, -0.05) is 13.3 Å². The second kappa shape index (κ2) is 11.0. The lowest BCUT2D eigenvalue weighted by Crippen LogP contribution is -2.33. The molecule has 0 saturated heterocycles. The van der Waals surface area contributed by atoms with E-state index in [0.717, 1.165) is 37.8 Å². The highest BCUT2D eigenvalue weighted by Gasteiger charge is 2.32. The fraction of sp³-hybridized carbons (Fsp3) is 0.464. The standard InChI is InChI=1S/C28H32N8O3S/c1-4-40(38)20-11-10-19(29-13-20)12-30-25-28(37)36(16(2)17-6-5-7-17)26-21(34-25)14-31-24(35-26)22-23(18-8-9-18)32-15-33-27(22)39-3/h10-11,13-18H,4-9,12H2,1-3H3,(H,30,34)/t16-,40?/m1/s1. The molecular weight excluding hydrogens is 528 g/mol. The van der Waals surface area contributed by atoms with Gasteiger partial charge in [-0.05, 0) is 50.7 Å². The second-order valence-electron chi connectivity index (χ2n) is 10.4. The van der Waals surface area contributed by atoms with E-state index in [-0.39, 0.29) is 17.4 Å². The number of rotatable bonds is 10. The van der Waals surface area contributed by atoms with Crippen molar-refractivity contribution < 1.29 is 8.95 Å². The minimum absolute atomic E-state index is 0.0618. The molecule has 2 aliphatic carbocycles. The molecule has 0 aromatic carbocycles. The zero-order valence-corrected chi connectivity index (χ0v) is 23.6. The molecular formula is C28H32N8O3S.